The fourth-order valence-corrected chi connectivity index (χ4v) is 7.86. The van der Waals surface area contributed by atoms with E-state index in [-0.39, 0.29) is 18.9 Å². The molecule has 0 aliphatic carbocycles. The number of amides is 1. The molecule has 14 nitrogen and oxygen atoms in total. The van der Waals surface area contributed by atoms with Crippen molar-refractivity contribution in [2.24, 2.45) is 0 Å². The third-order valence-electron chi connectivity index (χ3n) is 12.2. The summed E-state index contributed by atoms with van der Waals surface area (Å²) in [6.07, 6.45) is 41.6. The van der Waals surface area contributed by atoms with Crippen LogP contribution in [0.1, 0.15) is 149 Å². The summed E-state index contributed by atoms with van der Waals surface area (Å²) in [5.74, 6) is -0.271. The predicted molar refractivity (Wildman–Crippen MR) is 281 cm³/mol. The Labute approximate surface area is 425 Å². The number of carbonyl (C=O) groups is 1. The van der Waals surface area contributed by atoms with Gasteiger partial charge in [-0.25, -0.2) is 0 Å². The molecule has 12 atom stereocenters. The third kappa shape index (κ3) is 28.6. The smallest absolute Gasteiger partial charge is 0.220 e. The van der Waals surface area contributed by atoms with E-state index >= 15 is 0 Å². The Morgan fingerprint density at radius 3 is 1.55 bits per heavy atom. The fourth-order valence-electron chi connectivity index (χ4n) is 7.86. The van der Waals surface area contributed by atoms with Crippen LogP contribution in [0.3, 0.4) is 0 Å². The van der Waals surface area contributed by atoms with Gasteiger partial charge in [-0.2, -0.15) is 0 Å². The van der Waals surface area contributed by atoms with E-state index in [1.807, 2.05) is 6.08 Å². The predicted octanol–water partition coefficient (Wildman–Crippen LogP) is 7.71. The average molecular weight is 1000 g/mol. The van der Waals surface area contributed by atoms with E-state index in [2.05, 4.69) is 116 Å². The van der Waals surface area contributed by atoms with Crippen molar-refractivity contribution in [2.75, 3.05) is 19.8 Å². The molecule has 0 saturated carbocycles. The Morgan fingerprint density at radius 1 is 0.521 bits per heavy atom. The summed E-state index contributed by atoms with van der Waals surface area (Å²) in [5, 5.41) is 86.5. The van der Waals surface area contributed by atoms with Crippen molar-refractivity contribution in [1.82, 2.24) is 5.32 Å². The van der Waals surface area contributed by atoms with Crippen molar-refractivity contribution in [3.05, 3.63) is 109 Å². The normalized spacial score (nSPS) is 26.7. The van der Waals surface area contributed by atoms with Gasteiger partial charge in [-0.15, -0.1) is 0 Å². The highest BCUT2D eigenvalue weighted by atomic mass is 16.7. The number of carbonyl (C=O) groups excluding carboxylic acids is 1. The van der Waals surface area contributed by atoms with Crippen LogP contribution >= 0.6 is 0 Å². The maximum atomic E-state index is 13.1. The topological polar surface area (TPSA) is 228 Å². The van der Waals surface area contributed by atoms with Crippen LogP contribution in [0.2, 0.25) is 0 Å². The minimum absolute atomic E-state index is 0.252. The van der Waals surface area contributed by atoms with Gasteiger partial charge in [-0.1, -0.05) is 168 Å². The average Bonchev–Trinajstić information content (AvgIpc) is 3.37. The lowest BCUT2D eigenvalue weighted by atomic mass is 9.97. The molecule has 0 bridgehead atoms. The monoisotopic (exact) mass is 1000 g/mol. The largest absolute Gasteiger partial charge is 0.394 e. The molecule has 0 aromatic carbocycles. The Hall–Kier alpha value is -3.35. The molecule has 9 N–H and O–H groups in total. The molecule has 71 heavy (non-hydrogen) atoms. The lowest BCUT2D eigenvalue weighted by molar-refractivity contribution is -0.359. The van der Waals surface area contributed by atoms with Gasteiger partial charge in [0, 0.05) is 6.42 Å². The highest BCUT2D eigenvalue weighted by Gasteiger charge is 2.51. The van der Waals surface area contributed by atoms with Crippen molar-refractivity contribution in [2.45, 2.75) is 222 Å². The summed E-state index contributed by atoms with van der Waals surface area (Å²) in [6, 6.07) is -0.942. The maximum Gasteiger partial charge on any atom is 0.220 e. The first-order chi connectivity index (χ1) is 34.6. The molecule has 0 spiro atoms. The number of aliphatic hydroxyl groups excluding tert-OH is 8. The Kier molecular flexibility index (Phi) is 37.8. The molecule has 0 aromatic heterocycles. The van der Waals surface area contributed by atoms with E-state index in [0.29, 0.717) is 12.8 Å². The zero-order valence-corrected chi connectivity index (χ0v) is 42.9. The zero-order chi connectivity index (χ0) is 51.7. The number of ether oxygens (including phenoxy) is 4. The van der Waals surface area contributed by atoms with Gasteiger partial charge in [0.15, 0.2) is 12.6 Å². The highest BCUT2D eigenvalue weighted by Crippen LogP contribution is 2.30. The molecule has 2 aliphatic rings. The highest BCUT2D eigenvalue weighted by molar-refractivity contribution is 5.76. The first-order valence-corrected chi connectivity index (χ1v) is 26.6. The van der Waals surface area contributed by atoms with Gasteiger partial charge in [-0.3, -0.25) is 4.79 Å². The fraction of sp³-hybridized carbons (Fsp3) is 0.667. The van der Waals surface area contributed by atoms with E-state index in [1.165, 1.54) is 0 Å². The molecule has 12 unspecified atom stereocenters. The lowest BCUT2D eigenvalue weighted by Gasteiger charge is -2.46. The number of rotatable bonds is 39. The van der Waals surface area contributed by atoms with Gasteiger partial charge in [0.05, 0.1) is 32.0 Å². The second kappa shape index (κ2) is 42.1. The van der Waals surface area contributed by atoms with Crippen LogP contribution < -0.4 is 5.32 Å². The van der Waals surface area contributed by atoms with Crippen molar-refractivity contribution in [1.29, 1.82) is 0 Å². The van der Waals surface area contributed by atoms with Crippen LogP contribution in [0, 0.1) is 0 Å². The molecule has 2 saturated heterocycles. The molecule has 0 aromatic rings. The summed E-state index contributed by atoms with van der Waals surface area (Å²) in [5.41, 5.74) is 0. The molecule has 2 fully saturated rings. The van der Waals surface area contributed by atoms with Gasteiger partial charge >= 0.3 is 0 Å². The maximum absolute atomic E-state index is 13.1. The summed E-state index contributed by atoms with van der Waals surface area (Å²) in [4.78, 5) is 13.1. The molecule has 2 rings (SSSR count). The number of aliphatic hydroxyl groups is 8. The number of hydrogen-bond acceptors (Lipinski definition) is 13. The van der Waals surface area contributed by atoms with Crippen LogP contribution in [0.5, 0.6) is 0 Å². The summed E-state index contributed by atoms with van der Waals surface area (Å²) < 4.78 is 22.6. The minimum Gasteiger partial charge on any atom is -0.394 e. The number of unbranched alkanes of at least 4 members (excludes halogenated alkanes) is 10. The lowest BCUT2D eigenvalue weighted by Crippen LogP contribution is -2.65. The van der Waals surface area contributed by atoms with Crippen LogP contribution in [-0.2, 0) is 23.7 Å². The van der Waals surface area contributed by atoms with Gasteiger partial charge < -0.3 is 65.1 Å². The van der Waals surface area contributed by atoms with Crippen molar-refractivity contribution in [3.63, 3.8) is 0 Å². The third-order valence-corrected chi connectivity index (χ3v) is 12.2. The SMILES string of the molecule is CC/C=C\C/C=C\C/C=C\C/C=C\C/C=C\C/C=C\C/C=C\CCCCCCCCCC(=O)NC(COC1OC(CO)C(OC2OC(CO)C(O)C(O)C2O)C(O)C1O)C(O)/C=C/CC/C=C/CCCC. The molecule has 0 radical (unpaired) electrons. The van der Waals surface area contributed by atoms with Crippen molar-refractivity contribution in [3.8, 4) is 0 Å². The molecule has 2 heterocycles. The van der Waals surface area contributed by atoms with E-state index in [4.69, 9.17) is 18.9 Å². The number of hydrogen-bond donors (Lipinski definition) is 9. The molecular formula is C57H93NO13. The zero-order valence-electron chi connectivity index (χ0n) is 42.9. The van der Waals surface area contributed by atoms with Crippen molar-refractivity contribution >= 4 is 5.91 Å². The van der Waals surface area contributed by atoms with Gasteiger partial charge in [0.25, 0.3) is 0 Å². The summed E-state index contributed by atoms with van der Waals surface area (Å²) in [7, 11) is 0. The van der Waals surface area contributed by atoms with Crippen LogP contribution in [0.4, 0.5) is 0 Å². The standard InChI is InChI=1S/C57H93NO13/c1-3-5-7-9-11-13-14-15-16-17-18-19-20-21-22-23-24-25-26-27-28-29-30-31-32-33-35-37-39-41-49(62)58-45(46(61)40-38-36-34-12-10-8-6-4-2)44-68-56-54(67)52(65)55(48(43-60)70-56)71-57-53(66)51(64)50(63)47(42-59)69-57/h5,7,10-13,15-16,18-19,21-22,24-25,27-28,38,40,45-48,50-57,59-61,63-67H,3-4,6,8-9,14,17,20,23,26,29-37,39,41-44H2,1-2H3,(H,58,62)/b7-5-,12-10+,13-11-,16-15-,19-18-,22-21-,25-24-,28-27-,40-38+. The van der Waals surface area contributed by atoms with Crippen LogP contribution in [0.15, 0.2) is 109 Å². The van der Waals surface area contributed by atoms with Crippen LogP contribution in [-0.4, -0.2) is 140 Å². The summed E-state index contributed by atoms with van der Waals surface area (Å²) in [6.45, 7) is 2.53. The van der Waals surface area contributed by atoms with E-state index in [1.54, 1.807) is 6.08 Å². The van der Waals surface area contributed by atoms with Gasteiger partial charge in [-0.05, 0) is 83.5 Å². The van der Waals surface area contributed by atoms with E-state index in [0.717, 1.165) is 116 Å². The second-order valence-electron chi connectivity index (χ2n) is 18.3. The molecule has 14 heteroatoms. The van der Waals surface area contributed by atoms with Crippen molar-refractivity contribution < 1.29 is 64.6 Å². The van der Waals surface area contributed by atoms with Gasteiger partial charge in [0.1, 0.15) is 48.8 Å². The quantitative estimate of drug-likeness (QED) is 0.0213. The molecule has 1 amide bonds. The summed E-state index contributed by atoms with van der Waals surface area (Å²) >= 11 is 0. The molecular weight excluding hydrogens is 907 g/mol. The first kappa shape index (κ1) is 63.8. The minimum atomic E-state index is -1.80. The Morgan fingerprint density at radius 2 is 0.986 bits per heavy atom. The Balaban J connectivity index is 1.71. The van der Waals surface area contributed by atoms with Crippen LogP contribution in [0.25, 0.3) is 0 Å². The number of nitrogens with one attached hydrogen (secondary N) is 1. The molecule has 2 aliphatic heterocycles. The Bertz CT molecular complexity index is 1600. The van der Waals surface area contributed by atoms with E-state index in [9.17, 15) is 45.6 Å². The number of allylic oxidation sites excluding steroid dienone is 17. The first-order valence-electron chi connectivity index (χ1n) is 26.6. The second-order valence-corrected chi connectivity index (χ2v) is 18.3. The van der Waals surface area contributed by atoms with Gasteiger partial charge in [0.2, 0.25) is 5.91 Å². The van der Waals surface area contributed by atoms with E-state index < -0.39 is 86.8 Å². The molecule has 404 valence electrons.